The van der Waals surface area contributed by atoms with Crippen molar-refractivity contribution < 1.29 is 18.9 Å². The molecule has 0 spiro atoms. The summed E-state index contributed by atoms with van der Waals surface area (Å²) >= 11 is 0. The van der Waals surface area contributed by atoms with E-state index in [1.54, 1.807) is 12.1 Å². The second-order valence-corrected chi connectivity index (χ2v) is 6.30. The van der Waals surface area contributed by atoms with Crippen LogP contribution in [0.25, 0.3) is 10.8 Å². The van der Waals surface area contributed by atoms with Gasteiger partial charge in [-0.1, -0.05) is 36.4 Å². The number of benzene rings is 2. The Bertz CT molecular complexity index is 890. The average Bonchev–Trinajstić information content (AvgIpc) is 3.13. The van der Waals surface area contributed by atoms with Crippen molar-refractivity contribution in [3.05, 3.63) is 72.2 Å². The highest BCUT2D eigenvalue weighted by Gasteiger charge is 2.14. The number of amides is 3. The summed E-state index contributed by atoms with van der Waals surface area (Å²) in [5.41, 5.74) is 1.15. The highest BCUT2D eigenvalue weighted by molar-refractivity contribution is 5.94. The Balaban J connectivity index is 1.46. The molecule has 0 saturated heterocycles. The first-order valence-corrected chi connectivity index (χ1v) is 8.49. The minimum absolute atomic E-state index is 0.209. The van der Waals surface area contributed by atoms with Crippen molar-refractivity contribution in [1.29, 1.82) is 0 Å². The predicted molar refractivity (Wildman–Crippen MR) is 98.5 cm³/mol. The van der Waals surface area contributed by atoms with E-state index in [4.69, 9.17) is 4.42 Å². The predicted octanol–water partition coefficient (Wildman–Crippen LogP) is 1.47. The van der Waals surface area contributed by atoms with Crippen LogP contribution in [-0.2, 0) is 17.9 Å². The third kappa shape index (κ3) is 4.94. The van der Waals surface area contributed by atoms with E-state index >= 15 is 0 Å². The number of rotatable bonds is 6. The molecule has 0 bridgehead atoms. The molecule has 3 rings (SSSR count). The molecule has 3 aromatic rings. The first kappa shape index (κ1) is 17.7. The molecule has 3 amide bonds. The topological polar surface area (TPSA) is 75.8 Å². The second kappa shape index (κ2) is 8.31. The summed E-state index contributed by atoms with van der Waals surface area (Å²) in [6.45, 7) is 1.15. The van der Waals surface area contributed by atoms with Gasteiger partial charge in [-0.15, -0.1) is 0 Å². The molecule has 134 valence electrons. The number of fused-ring (bicyclic) bond motifs is 1. The van der Waals surface area contributed by atoms with E-state index in [1.165, 1.54) is 17.0 Å². The highest BCUT2D eigenvalue weighted by Crippen LogP contribution is 2.14. The van der Waals surface area contributed by atoms with Crippen molar-refractivity contribution in [3.63, 3.8) is 0 Å². The van der Waals surface area contributed by atoms with Crippen LogP contribution in [0.5, 0.6) is 0 Å². The standard InChI is InChI=1S/C20H21N3O3/c1-23(13-15-8-9-16-5-2-3-6-17(16)11-15)14-19(24)22-20(25)21-12-18-7-4-10-26-18/h2-11H,12-14H2,1H3,(H2,21,22,24,25)/p+1. The zero-order chi connectivity index (χ0) is 18.4. The van der Waals surface area contributed by atoms with E-state index in [2.05, 4.69) is 41.0 Å². The molecule has 1 aromatic heterocycles. The van der Waals surface area contributed by atoms with Crippen LogP contribution in [0.3, 0.4) is 0 Å². The molecule has 0 radical (unpaired) electrons. The number of carbonyl (C=O) groups excluding carboxylic acids is 2. The van der Waals surface area contributed by atoms with E-state index < -0.39 is 6.03 Å². The molecule has 6 nitrogen and oxygen atoms in total. The van der Waals surface area contributed by atoms with E-state index in [0.717, 1.165) is 10.5 Å². The summed E-state index contributed by atoms with van der Waals surface area (Å²) in [5.74, 6) is 0.312. The SMILES string of the molecule is C[NH+](CC(=O)NC(=O)NCc1ccco1)Cc1ccc2ccccc2c1. The van der Waals surface area contributed by atoms with Gasteiger partial charge in [0, 0.05) is 5.56 Å². The Kier molecular flexibility index (Phi) is 5.66. The van der Waals surface area contributed by atoms with Crippen molar-refractivity contribution in [3.8, 4) is 0 Å². The quantitative estimate of drug-likeness (QED) is 0.629. The van der Waals surface area contributed by atoms with Crippen LogP contribution in [0.1, 0.15) is 11.3 Å². The fourth-order valence-electron chi connectivity index (χ4n) is 2.83. The van der Waals surface area contributed by atoms with Gasteiger partial charge in [-0.2, -0.15) is 0 Å². The number of urea groups is 1. The maximum Gasteiger partial charge on any atom is 0.321 e. The van der Waals surface area contributed by atoms with E-state index in [0.29, 0.717) is 12.3 Å². The van der Waals surface area contributed by atoms with Crippen LogP contribution in [-0.4, -0.2) is 25.5 Å². The molecule has 0 fully saturated rings. The summed E-state index contributed by atoms with van der Waals surface area (Å²) in [4.78, 5) is 24.7. The number of carbonyl (C=O) groups is 2. The third-order valence-electron chi connectivity index (χ3n) is 4.04. The van der Waals surface area contributed by atoms with Crippen molar-refractivity contribution in [2.45, 2.75) is 13.1 Å². The number of furan rings is 1. The molecule has 0 aliphatic rings. The Morgan fingerprint density at radius 3 is 2.62 bits per heavy atom. The number of hydrogen-bond donors (Lipinski definition) is 3. The lowest BCUT2D eigenvalue weighted by Gasteiger charge is -2.14. The van der Waals surface area contributed by atoms with Gasteiger partial charge in [0.25, 0.3) is 5.91 Å². The summed E-state index contributed by atoms with van der Waals surface area (Å²) in [5, 5.41) is 7.30. The first-order valence-electron chi connectivity index (χ1n) is 8.49. The molecule has 3 N–H and O–H groups in total. The number of nitrogens with one attached hydrogen (secondary N) is 3. The lowest BCUT2D eigenvalue weighted by Crippen LogP contribution is -3.09. The zero-order valence-electron chi connectivity index (χ0n) is 14.6. The van der Waals surface area contributed by atoms with Gasteiger partial charge >= 0.3 is 6.03 Å². The van der Waals surface area contributed by atoms with Gasteiger partial charge in [0.15, 0.2) is 6.54 Å². The normalized spacial score (nSPS) is 11.9. The van der Waals surface area contributed by atoms with Crippen LogP contribution < -0.4 is 15.5 Å². The van der Waals surface area contributed by atoms with E-state index in [-0.39, 0.29) is 19.0 Å². The van der Waals surface area contributed by atoms with Gasteiger partial charge in [-0.05, 0) is 29.0 Å². The van der Waals surface area contributed by atoms with Crippen molar-refractivity contribution in [2.75, 3.05) is 13.6 Å². The van der Waals surface area contributed by atoms with Gasteiger partial charge in [0.05, 0.1) is 19.9 Å². The zero-order valence-corrected chi connectivity index (χ0v) is 14.6. The average molecular weight is 352 g/mol. The van der Waals surface area contributed by atoms with Crippen molar-refractivity contribution >= 4 is 22.7 Å². The molecular weight excluding hydrogens is 330 g/mol. The Hall–Kier alpha value is -3.12. The molecule has 0 saturated carbocycles. The van der Waals surface area contributed by atoms with E-state index in [9.17, 15) is 9.59 Å². The summed E-state index contributed by atoms with van der Waals surface area (Å²) in [7, 11) is 1.93. The number of imide groups is 1. The van der Waals surface area contributed by atoms with Gasteiger partial charge in [0.2, 0.25) is 0 Å². The molecule has 1 atom stereocenters. The molecule has 26 heavy (non-hydrogen) atoms. The Morgan fingerprint density at radius 1 is 1.04 bits per heavy atom. The van der Waals surface area contributed by atoms with E-state index in [1.807, 2.05) is 19.2 Å². The van der Waals surface area contributed by atoms with Gasteiger partial charge in [-0.25, -0.2) is 4.79 Å². The largest absolute Gasteiger partial charge is 0.467 e. The highest BCUT2D eigenvalue weighted by atomic mass is 16.3. The molecule has 6 heteroatoms. The molecule has 0 aliphatic carbocycles. The maximum atomic E-state index is 12.0. The number of quaternary nitrogens is 1. The lowest BCUT2D eigenvalue weighted by molar-refractivity contribution is -0.885. The summed E-state index contributed by atoms with van der Waals surface area (Å²) in [6, 6.07) is 17.4. The minimum atomic E-state index is -0.523. The number of hydrogen-bond acceptors (Lipinski definition) is 3. The van der Waals surface area contributed by atoms with Crippen LogP contribution in [0.2, 0.25) is 0 Å². The fraction of sp³-hybridized carbons (Fsp3) is 0.200. The monoisotopic (exact) mass is 352 g/mol. The lowest BCUT2D eigenvalue weighted by atomic mass is 10.1. The Labute approximate surface area is 151 Å². The van der Waals surface area contributed by atoms with Crippen LogP contribution in [0.4, 0.5) is 4.79 Å². The van der Waals surface area contributed by atoms with Crippen molar-refractivity contribution in [2.24, 2.45) is 0 Å². The summed E-state index contributed by atoms with van der Waals surface area (Å²) < 4.78 is 5.12. The summed E-state index contributed by atoms with van der Waals surface area (Å²) in [6.07, 6.45) is 1.53. The van der Waals surface area contributed by atoms with Gasteiger partial charge in [-0.3, -0.25) is 10.1 Å². The minimum Gasteiger partial charge on any atom is -0.467 e. The first-order chi connectivity index (χ1) is 12.6. The fourth-order valence-corrected chi connectivity index (χ4v) is 2.83. The van der Waals surface area contributed by atoms with Crippen LogP contribution in [0.15, 0.2) is 65.3 Å². The third-order valence-corrected chi connectivity index (χ3v) is 4.04. The van der Waals surface area contributed by atoms with Crippen LogP contribution >= 0.6 is 0 Å². The number of likely N-dealkylation sites (N-methyl/N-ethyl adjacent to an activating group) is 1. The molecule has 1 unspecified atom stereocenters. The van der Waals surface area contributed by atoms with Crippen LogP contribution in [0, 0.1) is 0 Å². The molecule has 0 aliphatic heterocycles. The maximum absolute atomic E-state index is 12.0. The smallest absolute Gasteiger partial charge is 0.321 e. The molecule has 1 heterocycles. The molecule has 2 aromatic carbocycles. The second-order valence-electron chi connectivity index (χ2n) is 6.30. The van der Waals surface area contributed by atoms with Crippen molar-refractivity contribution in [1.82, 2.24) is 10.6 Å². The van der Waals surface area contributed by atoms with Gasteiger partial charge in [0.1, 0.15) is 12.3 Å². The van der Waals surface area contributed by atoms with Gasteiger partial charge < -0.3 is 14.6 Å². The molecular formula is C20H22N3O3+. The Morgan fingerprint density at radius 2 is 1.85 bits per heavy atom.